The number of benzene rings is 1. The van der Waals surface area contributed by atoms with Crippen molar-refractivity contribution in [3.63, 3.8) is 0 Å². The second-order valence-electron chi connectivity index (χ2n) is 6.12. The van der Waals surface area contributed by atoms with E-state index in [9.17, 15) is 4.79 Å². The number of anilines is 1. The molecule has 1 aromatic heterocycles. The Balaban J connectivity index is 1.66. The van der Waals surface area contributed by atoms with Crippen LogP contribution in [0.2, 0.25) is 0 Å². The molecule has 6 heteroatoms. The fraction of sp³-hybridized carbons (Fsp3) is 0.444. The largest absolute Gasteiger partial charge is 0.489 e. The quantitative estimate of drug-likeness (QED) is 0.856. The molecule has 1 aromatic carbocycles. The van der Waals surface area contributed by atoms with Gasteiger partial charge in [0.2, 0.25) is 0 Å². The highest BCUT2D eigenvalue weighted by Crippen LogP contribution is 2.26. The van der Waals surface area contributed by atoms with Gasteiger partial charge in [0, 0.05) is 17.9 Å². The molecule has 1 aliphatic heterocycles. The number of carbonyl (C=O) groups is 1. The number of hydrogen-bond donors (Lipinski definition) is 1. The summed E-state index contributed by atoms with van der Waals surface area (Å²) in [5, 5.41) is 5.65. The molecule has 1 amide bonds. The number of nitrogens with zero attached hydrogens (tertiary/aromatic N) is 1. The third-order valence-corrected chi connectivity index (χ3v) is 4.98. The van der Waals surface area contributed by atoms with E-state index in [0.717, 1.165) is 24.5 Å². The predicted octanol–water partition coefficient (Wildman–Crippen LogP) is 4.08. The summed E-state index contributed by atoms with van der Waals surface area (Å²) in [7, 11) is 0. The first kappa shape index (κ1) is 16.9. The highest BCUT2D eigenvalue weighted by molar-refractivity contribution is 7.09. The number of hydrogen-bond acceptors (Lipinski definition) is 5. The molecule has 1 saturated heterocycles. The van der Waals surface area contributed by atoms with E-state index in [2.05, 4.69) is 24.1 Å². The van der Waals surface area contributed by atoms with Crippen molar-refractivity contribution in [3.05, 3.63) is 40.3 Å². The summed E-state index contributed by atoms with van der Waals surface area (Å²) < 4.78 is 11.4. The number of nitrogens with one attached hydrogen (secondary N) is 1. The summed E-state index contributed by atoms with van der Waals surface area (Å²) >= 11 is 1.51. The molecule has 1 atom stereocenters. The van der Waals surface area contributed by atoms with Crippen molar-refractivity contribution < 1.29 is 14.3 Å². The van der Waals surface area contributed by atoms with Crippen LogP contribution in [-0.2, 0) is 4.74 Å². The smallest absolute Gasteiger partial charge is 0.275 e. The van der Waals surface area contributed by atoms with Gasteiger partial charge < -0.3 is 14.8 Å². The van der Waals surface area contributed by atoms with Gasteiger partial charge in [0.15, 0.2) is 0 Å². The summed E-state index contributed by atoms with van der Waals surface area (Å²) in [4.78, 5) is 16.8. The van der Waals surface area contributed by atoms with Gasteiger partial charge in [0.25, 0.3) is 5.91 Å². The van der Waals surface area contributed by atoms with E-state index >= 15 is 0 Å². The summed E-state index contributed by atoms with van der Waals surface area (Å²) in [5.41, 5.74) is 1.09. The lowest BCUT2D eigenvalue weighted by molar-refractivity contribution is 0.0682. The van der Waals surface area contributed by atoms with Crippen molar-refractivity contribution in [1.82, 2.24) is 4.98 Å². The van der Waals surface area contributed by atoms with E-state index in [0.29, 0.717) is 29.7 Å². The second-order valence-corrected chi connectivity index (χ2v) is 7.01. The number of ether oxygens (including phenoxy) is 2. The Labute approximate surface area is 146 Å². The van der Waals surface area contributed by atoms with Crippen LogP contribution in [-0.4, -0.2) is 30.2 Å². The third-order valence-electron chi connectivity index (χ3n) is 3.83. The maximum atomic E-state index is 12.4. The van der Waals surface area contributed by atoms with Gasteiger partial charge in [0.05, 0.1) is 16.8 Å². The van der Waals surface area contributed by atoms with Gasteiger partial charge in [-0.2, -0.15) is 0 Å². The topological polar surface area (TPSA) is 60.5 Å². The van der Waals surface area contributed by atoms with E-state index in [1.165, 1.54) is 11.3 Å². The lowest BCUT2D eigenvalue weighted by Crippen LogP contribution is -2.18. The van der Waals surface area contributed by atoms with Gasteiger partial charge in [-0.25, -0.2) is 4.98 Å². The third kappa shape index (κ3) is 4.13. The van der Waals surface area contributed by atoms with Crippen molar-refractivity contribution in [2.24, 2.45) is 0 Å². The number of amides is 1. The van der Waals surface area contributed by atoms with Crippen molar-refractivity contribution >= 4 is 22.9 Å². The molecular formula is C18H22N2O3S. The number of thiazole rings is 1. The van der Waals surface area contributed by atoms with Crippen LogP contribution in [0.5, 0.6) is 5.75 Å². The van der Waals surface area contributed by atoms with Crippen LogP contribution in [0.15, 0.2) is 29.6 Å². The first-order valence-electron chi connectivity index (χ1n) is 8.23. The van der Waals surface area contributed by atoms with Gasteiger partial charge in [-0.3, -0.25) is 4.79 Å². The fourth-order valence-electron chi connectivity index (χ4n) is 2.50. The monoisotopic (exact) mass is 346 g/mol. The molecule has 0 radical (unpaired) electrons. The van der Waals surface area contributed by atoms with E-state index < -0.39 is 0 Å². The van der Waals surface area contributed by atoms with Gasteiger partial charge in [0.1, 0.15) is 18.1 Å². The van der Waals surface area contributed by atoms with Crippen LogP contribution >= 0.6 is 11.3 Å². The molecule has 24 heavy (non-hydrogen) atoms. The number of aromatic nitrogens is 1. The predicted molar refractivity (Wildman–Crippen MR) is 95.1 cm³/mol. The first-order valence-corrected chi connectivity index (χ1v) is 9.11. The molecule has 2 heterocycles. The maximum Gasteiger partial charge on any atom is 0.275 e. The molecule has 5 nitrogen and oxygen atoms in total. The van der Waals surface area contributed by atoms with Crippen LogP contribution in [0, 0.1) is 0 Å². The average Bonchev–Trinajstić information content (AvgIpc) is 3.26. The van der Waals surface area contributed by atoms with Crippen molar-refractivity contribution in [2.45, 2.75) is 38.7 Å². The Morgan fingerprint density at radius 3 is 3.00 bits per heavy atom. The van der Waals surface area contributed by atoms with Crippen LogP contribution < -0.4 is 10.1 Å². The number of para-hydroxylation sites is 2. The zero-order valence-corrected chi connectivity index (χ0v) is 14.8. The SMILES string of the molecule is CC(C)c1nc(C(=O)Nc2ccccc2OCC2CCCO2)cs1. The van der Waals surface area contributed by atoms with Crippen LogP contribution in [0.25, 0.3) is 0 Å². The lowest BCUT2D eigenvalue weighted by atomic mass is 10.2. The van der Waals surface area contributed by atoms with E-state index in [1.54, 1.807) is 5.38 Å². The van der Waals surface area contributed by atoms with E-state index in [4.69, 9.17) is 9.47 Å². The molecule has 0 spiro atoms. The molecule has 3 rings (SSSR count). The molecule has 1 aliphatic rings. The van der Waals surface area contributed by atoms with E-state index in [-0.39, 0.29) is 12.0 Å². The Morgan fingerprint density at radius 1 is 1.46 bits per heavy atom. The Kier molecular flexibility index (Phi) is 5.48. The van der Waals surface area contributed by atoms with Gasteiger partial charge in [-0.05, 0) is 25.0 Å². The van der Waals surface area contributed by atoms with Crippen LogP contribution in [0.3, 0.4) is 0 Å². The Hall–Kier alpha value is -1.92. The molecule has 1 N–H and O–H groups in total. The molecular weight excluding hydrogens is 324 g/mol. The number of carbonyl (C=O) groups excluding carboxylic acids is 1. The second kappa shape index (κ2) is 7.77. The Bertz CT molecular complexity index is 693. The molecule has 128 valence electrons. The molecule has 1 unspecified atom stereocenters. The Morgan fingerprint density at radius 2 is 2.29 bits per heavy atom. The van der Waals surface area contributed by atoms with Crippen molar-refractivity contribution in [2.75, 3.05) is 18.5 Å². The maximum absolute atomic E-state index is 12.4. The lowest BCUT2D eigenvalue weighted by Gasteiger charge is -2.14. The molecule has 0 saturated carbocycles. The van der Waals surface area contributed by atoms with Gasteiger partial charge in [-0.15, -0.1) is 11.3 Å². The van der Waals surface area contributed by atoms with Gasteiger partial charge in [-0.1, -0.05) is 26.0 Å². The minimum atomic E-state index is -0.216. The van der Waals surface area contributed by atoms with Crippen LogP contribution in [0.1, 0.15) is 48.1 Å². The summed E-state index contributed by atoms with van der Waals surface area (Å²) in [6.45, 7) is 5.43. The van der Waals surface area contributed by atoms with Gasteiger partial charge >= 0.3 is 0 Å². The fourth-order valence-corrected chi connectivity index (χ4v) is 3.31. The molecule has 2 aromatic rings. The standard InChI is InChI=1S/C18H22N2O3S/c1-12(2)18-20-15(11-24-18)17(21)19-14-7-3-4-8-16(14)23-10-13-6-5-9-22-13/h3-4,7-8,11-13H,5-6,9-10H2,1-2H3,(H,19,21). The zero-order chi connectivity index (χ0) is 16.9. The van der Waals surface area contributed by atoms with E-state index in [1.807, 2.05) is 24.3 Å². The normalized spacial score (nSPS) is 17.2. The number of rotatable bonds is 6. The highest BCUT2D eigenvalue weighted by atomic mass is 32.1. The highest BCUT2D eigenvalue weighted by Gasteiger charge is 2.18. The average molecular weight is 346 g/mol. The van der Waals surface area contributed by atoms with Crippen LogP contribution in [0.4, 0.5) is 5.69 Å². The minimum Gasteiger partial charge on any atom is -0.489 e. The molecule has 0 aliphatic carbocycles. The molecule has 1 fully saturated rings. The minimum absolute atomic E-state index is 0.140. The summed E-state index contributed by atoms with van der Waals surface area (Å²) in [6, 6.07) is 7.44. The zero-order valence-electron chi connectivity index (χ0n) is 14.0. The summed E-state index contributed by atoms with van der Waals surface area (Å²) in [6.07, 6.45) is 2.24. The first-order chi connectivity index (χ1) is 11.6. The summed E-state index contributed by atoms with van der Waals surface area (Å²) in [5.74, 6) is 0.755. The van der Waals surface area contributed by atoms with Crippen molar-refractivity contribution in [3.8, 4) is 5.75 Å². The van der Waals surface area contributed by atoms with Crippen molar-refractivity contribution in [1.29, 1.82) is 0 Å². The molecule has 0 bridgehead atoms.